The maximum atomic E-state index is 13.1. The van der Waals surface area contributed by atoms with Gasteiger partial charge >= 0.3 is 0 Å². The summed E-state index contributed by atoms with van der Waals surface area (Å²) in [5.74, 6) is 0.933. The minimum atomic E-state index is -0.101. The van der Waals surface area contributed by atoms with Crippen LogP contribution in [0.3, 0.4) is 0 Å². The van der Waals surface area contributed by atoms with Gasteiger partial charge in [-0.1, -0.05) is 36.4 Å². The van der Waals surface area contributed by atoms with Gasteiger partial charge in [0.15, 0.2) is 5.69 Å². The number of carbonyl (C=O) groups is 1. The summed E-state index contributed by atoms with van der Waals surface area (Å²) in [5.41, 5.74) is 3.42. The van der Waals surface area contributed by atoms with Gasteiger partial charge in [-0.3, -0.25) is 4.79 Å². The van der Waals surface area contributed by atoms with Gasteiger partial charge in [0.2, 0.25) is 5.89 Å². The predicted octanol–water partition coefficient (Wildman–Crippen LogP) is 4.24. The van der Waals surface area contributed by atoms with E-state index < -0.39 is 0 Å². The lowest BCUT2D eigenvalue weighted by Crippen LogP contribution is -2.36. The number of carbonyl (C=O) groups excluding carboxylic acids is 1. The fourth-order valence-corrected chi connectivity index (χ4v) is 3.29. The molecule has 2 heterocycles. The third kappa shape index (κ3) is 2.31. The minimum absolute atomic E-state index is 0.101. The van der Waals surface area contributed by atoms with Crippen LogP contribution in [0.1, 0.15) is 28.7 Å². The van der Waals surface area contributed by atoms with Gasteiger partial charge in [0.1, 0.15) is 5.76 Å². The van der Waals surface area contributed by atoms with Crippen LogP contribution in [-0.4, -0.2) is 16.9 Å². The van der Waals surface area contributed by atoms with Crippen LogP contribution >= 0.6 is 0 Å². The van der Waals surface area contributed by atoms with Crippen molar-refractivity contribution >= 4 is 11.6 Å². The molecule has 1 aliphatic heterocycles. The molecule has 0 radical (unpaired) electrons. The van der Waals surface area contributed by atoms with Crippen LogP contribution in [0, 0.1) is 6.92 Å². The van der Waals surface area contributed by atoms with Gasteiger partial charge < -0.3 is 9.32 Å². The minimum Gasteiger partial charge on any atom is -0.441 e. The van der Waals surface area contributed by atoms with E-state index in [4.69, 9.17) is 4.42 Å². The summed E-state index contributed by atoms with van der Waals surface area (Å²) in [7, 11) is 0. The van der Waals surface area contributed by atoms with Crippen molar-refractivity contribution in [1.29, 1.82) is 0 Å². The Morgan fingerprint density at radius 3 is 2.62 bits per heavy atom. The maximum Gasteiger partial charge on any atom is 0.280 e. The lowest BCUT2D eigenvalue weighted by Gasteiger charge is -2.21. The van der Waals surface area contributed by atoms with Crippen LogP contribution in [0.4, 0.5) is 5.69 Å². The highest BCUT2D eigenvalue weighted by molar-refractivity contribution is 6.07. The Morgan fingerprint density at radius 1 is 1.12 bits per heavy atom. The van der Waals surface area contributed by atoms with E-state index >= 15 is 0 Å². The number of hydrogen-bond donors (Lipinski definition) is 0. The number of hydrogen-bond acceptors (Lipinski definition) is 3. The fraction of sp³-hybridized carbons (Fsp3) is 0.200. The van der Waals surface area contributed by atoms with E-state index in [1.807, 2.05) is 53.4 Å². The number of aryl methyl sites for hydroxylation is 1. The predicted molar refractivity (Wildman–Crippen MR) is 93.1 cm³/mol. The summed E-state index contributed by atoms with van der Waals surface area (Å²) < 4.78 is 5.75. The Morgan fingerprint density at radius 2 is 1.83 bits per heavy atom. The van der Waals surface area contributed by atoms with Gasteiger partial charge in [0.05, 0.1) is 0 Å². The van der Waals surface area contributed by atoms with Crippen molar-refractivity contribution in [1.82, 2.24) is 4.98 Å². The van der Waals surface area contributed by atoms with Gasteiger partial charge in [-0.25, -0.2) is 4.98 Å². The molecule has 4 rings (SSSR count). The third-order valence-electron chi connectivity index (χ3n) is 4.45. The van der Waals surface area contributed by atoms with Crippen molar-refractivity contribution in [3.8, 4) is 11.5 Å². The average Bonchev–Trinajstić information content (AvgIpc) is 3.14. The van der Waals surface area contributed by atoms with Crippen LogP contribution in [0.15, 0.2) is 59.0 Å². The van der Waals surface area contributed by atoms with Crippen molar-refractivity contribution in [3.63, 3.8) is 0 Å². The molecule has 0 saturated carbocycles. The number of anilines is 1. The number of nitrogens with zero attached hydrogens (tertiary/aromatic N) is 2. The topological polar surface area (TPSA) is 46.3 Å². The monoisotopic (exact) mass is 318 g/mol. The summed E-state index contributed by atoms with van der Waals surface area (Å²) in [6.45, 7) is 3.85. The Bertz CT molecular complexity index is 899. The van der Waals surface area contributed by atoms with Crippen LogP contribution in [0.5, 0.6) is 0 Å². The molecular weight excluding hydrogens is 300 g/mol. The third-order valence-corrected chi connectivity index (χ3v) is 4.45. The normalized spacial score (nSPS) is 16.2. The number of aromatic nitrogens is 1. The molecule has 1 aliphatic rings. The molecule has 0 N–H and O–H groups in total. The van der Waals surface area contributed by atoms with E-state index in [2.05, 4.69) is 18.0 Å². The zero-order chi connectivity index (χ0) is 16.7. The standard InChI is InChI=1S/C20H18N2O2/c1-13-12-16-10-6-7-11-17(16)22(13)20(23)18-14(2)24-19(21-18)15-8-4-3-5-9-15/h3-11,13H,12H2,1-2H3/t13-/m0/s1. The molecule has 120 valence electrons. The molecule has 0 fully saturated rings. The highest BCUT2D eigenvalue weighted by Crippen LogP contribution is 2.34. The lowest BCUT2D eigenvalue weighted by molar-refractivity contribution is 0.0976. The molecule has 3 aromatic rings. The second-order valence-corrected chi connectivity index (χ2v) is 6.15. The van der Waals surface area contributed by atoms with Crippen molar-refractivity contribution in [2.75, 3.05) is 4.90 Å². The van der Waals surface area contributed by atoms with Gasteiger partial charge in [-0.2, -0.15) is 0 Å². The fourth-order valence-electron chi connectivity index (χ4n) is 3.29. The van der Waals surface area contributed by atoms with Crippen LogP contribution < -0.4 is 4.90 Å². The van der Waals surface area contributed by atoms with Gasteiger partial charge in [0.25, 0.3) is 5.91 Å². The van der Waals surface area contributed by atoms with E-state index in [9.17, 15) is 4.79 Å². The molecule has 4 heteroatoms. The number of benzene rings is 2. The first-order chi connectivity index (χ1) is 11.6. The van der Waals surface area contributed by atoms with Crippen molar-refractivity contribution < 1.29 is 9.21 Å². The first-order valence-corrected chi connectivity index (χ1v) is 8.09. The van der Waals surface area contributed by atoms with E-state index in [-0.39, 0.29) is 11.9 Å². The summed E-state index contributed by atoms with van der Waals surface area (Å²) in [6, 6.07) is 17.8. The van der Waals surface area contributed by atoms with E-state index in [0.717, 1.165) is 17.7 Å². The van der Waals surface area contributed by atoms with E-state index in [0.29, 0.717) is 17.3 Å². The molecule has 2 aromatic carbocycles. The zero-order valence-corrected chi connectivity index (χ0v) is 13.7. The van der Waals surface area contributed by atoms with E-state index in [1.165, 1.54) is 5.56 Å². The van der Waals surface area contributed by atoms with Gasteiger partial charge in [-0.15, -0.1) is 0 Å². The molecular formula is C20H18N2O2. The highest BCUT2D eigenvalue weighted by Gasteiger charge is 2.33. The Labute approximate surface area is 140 Å². The molecule has 0 bridgehead atoms. The second-order valence-electron chi connectivity index (χ2n) is 6.15. The van der Waals surface area contributed by atoms with Crippen LogP contribution in [0.25, 0.3) is 11.5 Å². The highest BCUT2D eigenvalue weighted by atomic mass is 16.4. The molecule has 0 saturated heterocycles. The Kier molecular flexibility index (Phi) is 3.45. The molecule has 1 atom stereocenters. The molecule has 0 unspecified atom stereocenters. The number of para-hydroxylation sites is 1. The Hall–Kier alpha value is -2.88. The number of fused-ring (bicyclic) bond motifs is 1. The first kappa shape index (κ1) is 14.7. The first-order valence-electron chi connectivity index (χ1n) is 8.09. The number of amides is 1. The van der Waals surface area contributed by atoms with E-state index in [1.54, 1.807) is 6.92 Å². The molecule has 1 aromatic heterocycles. The zero-order valence-electron chi connectivity index (χ0n) is 13.7. The Balaban J connectivity index is 1.72. The van der Waals surface area contributed by atoms with Crippen molar-refractivity contribution in [3.05, 3.63) is 71.6 Å². The number of rotatable bonds is 2. The molecule has 1 amide bonds. The van der Waals surface area contributed by atoms with Crippen molar-refractivity contribution in [2.24, 2.45) is 0 Å². The lowest BCUT2D eigenvalue weighted by atomic mass is 10.1. The molecule has 0 aliphatic carbocycles. The van der Waals surface area contributed by atoms with Gasteiger partial charge in [-0.05, 0) is 44.0 Å². The van der Waals surface area contributed by atoms with Crippen LogP contribution in [0.2, 0.25) is 0 Å². The maximum absolute atomic E-state index is 13.1. The quantitative estimate of drug-likeness (QED) is 0.710. The molecule has 0 spiro atoms. The summed E-state index contributed by atoms with van der Waals surface area (Å²) >= 11 is 0. The summed E-state index contributed by atoms with van der Waals surface area (Å²) in [4.78, 5) is 19.4. The molecule has 4 nitrogen and oxygen atoms in total. The summed E-state index contributed by atoms with van der Waals surface area (Å²) in [6.07, 6.45) is 0.865. The second kappa shape index (κ2) is 5.64. The van der Waals surface area contributed by atoms with Crippen molar-refractivity contribution in [2.45, 2.75) is 26.3 Å². The van der Waals surface area contributed by atoms with Gasteiger partial charge in [0, 0.05) is 17.3 Å². The summed E-state index contributed by atoms with van der Waals surface area (Å²) in [5, 5.41) is 0. The average molecular weight is 318 g/mol. The number of oxazole rings is 1. The SMILES string of the molecule is Cc1oc(-c2ccccc2)nc1C(=O)N1c2ccccc2C[C@@H]1C. The molecule has 24 heavy (non-hydrogen) atoms. The largest absolute Gasteiger partial charge is 0.441 e. The smallest absolute Gasteiger partial charge is 0.280 e. The van der Waals surface area contributed by atoms with Crippen LogP contribution in [-0.2, 0) is 6.42 Å².